The number of nitrogens with one attached hydrogen (secondary N) is 1. The second kappa shape index (κ2) is 8.97. The fourth-order valence-corrected chi connectivity index (χ4v) is 0. The maximum absolute atomic E-state index is 6.06. The van der Waals surface area contributed by atoms with Crippen molar-refractivity contribution in [2.45, 2.75) is 6.92 Å². The molecule has 0 atom stereocenters. The third-order valence-electron chi connectivity index (χ3n) is 0. The predicted molar refractivity (Wildman–Crippen MR) is 30.8 cm³/mol. The standard InChI is InChI=1S/C2H7N.CH5N3/c1-2-3;2-1(3)4/h2-3H2,1H3;(H5,2,3,4). The Morgan fingerprint density at radius 1 is 1.57 bits per heavy atom. The molecule has 0 saturated heterocycles. The Kier molecular flexibility index (Phi) is 12.2. The van der Waals surface area contributed by atoms with E-state index in [0.29, 0.717) is 0 Å². The Balaban J connectivity index is 0. The molecule has 0 aromatic heterocycles. The average Bonchev–Trinajstić information content (AvgIpc) is 1.33. The van der Waals surface area contributed by atoms with Gasteiger partial charge in [0.15, 0.2) is 5.96 Å². The Morgan fingerprint density at radius 2 is 1.57 bits per heavy atom. The topological polar surface area (TPSA) is 102 Å². The first-order valence-electron chi connectivity index (χ1n) is 1.94. The summed E-state index contributed by atoms with van der Waals surface area (Å²) in [5, 5.41) is 6.06. The van der Waals surface area contributed by atoms with Crippen LogP contribution in [0.15, 0.2) is 0 Å². The van der Waals surface area contributed by atoms with Crippen LogP contribution in [0.1, 0.15) is 6.92 Å². The highest BCUT2D eigenvalue weighted by molar-refractivity contribution is 5.71. The van der Waals surface area contributed by atoms with Crippen molar-refractivity contribution in [3.8, 4) is 0 Å². The normalized spacial score (nSPS) is 6.00. The summed E-state index contributed by atoms with van der Waals surface area (Å²) >= 11 is 0. The van der Waals surface area contributed by atoms with E-state index in [4.69, 9.17) is 11.1 Å². The average molecular weight is 104 g/mol. The van der Waals surface area contributed by atoms with Crippen LogP contribution in [0, 0.1) is 5.41 Å². The third-order valence-corrected chi connectivity index (χ3v) is 0. The van der Waals surface area contributed by atoms with Crippen LogP contribution in [0.5, 0.6) is 0 Å². The van der Waals surface area contributed by atoms with Crippen LogP contribution >= 0.6 is 0 Å². The Labute approximate surface area is 43.2 Å². The van der Waals surface area contributed by atoms with Gasteiger partial charge in [0.05, 0.1) is 0 Å². The molecule has 7 heavy (non-hydrogen) atoms. The van der Waals surface area contributed by atoms with Crippen molar-refractivity contribution < 1.29 is 0 Å². The molecule has 0 aromatic rings. The summed E-state index contributed by atoms with van der Waals surface area (Å²) in [6, 6.07) is 0. The summed E-state index contributed by atoms with van der Waals surface area (Å²) in [4.78, 5) is 0. The van der Waals surface area contributed by atoms with E-state index >= 15 is 0 Å². The van der Waals surface area contributed by atoms with Crippen molar-refractivity contribution in [3.05, 3.63) is 0 Å². The summed E-state index contributed by atoms with van der Waals surface area (Å²) in [6.07, 6.45) is 0. The van der Waals surface area contributed by atoms with E-state index in [9.17, 15) is 0 Å². The molecule has 0 spiro atoms. The lowest BCUT2D eigenvalue weighted by atomic mass is 10.8. The van der Waals surface area contributed by atoms with Crippen LogP contribution in [-0.2, 0) is 0 Å². The molecule has 4 nitrogen and oxygen atoms in total. The number of rotatable bonds is 0. The molecule has 0 aliphatic rings. The van der Waals surface area contributed by atoms with Gasteiger partial charge in [-0.05, 0) is 6.54 Å². The highest BCUT2D eigenvalue weighted by Gasteiger charge is 1.52. The molecule has 0 heterocycles. The van der Waals surface area contributed by atoms with Crippen LogP contribution in [-0.4, -0.2) is 12.5 Å². The minimum absolute atomic E-state index is 0.333. The molecule has 0 unspecified atom stereocenters. The van der Waals surface area contributed by atoms with Gasteiger partial charge in [0.25, 0.3) is 0 Å². The highest BCUT2D eigenvalue weighted by atomic mass is 14.9. The number of hydrogen-bond acceptors (Lipinski definition) is 2. The summed E-state index contributed by atoms with van der Waals surface area (Å²) in [5.74, 6) is -0.333. The van der Waals surface area contributed by atoms with E-state index in [1.807, 2.05) is 6.92 Å². The van der Waals surface area contributed by atoms with Crippen molar-refractivity contribution >= 4 is 5.96 Å². The molecule has 4 heteroatoms. The van der Waals surface area contributed by atoms with Crippen molar-refractivity contribution in [1.82, 2.24) is 0 Å². The van der Waals surface area contributed by atoms with Gasteiger partial charge >= 0.3 is 0 Å². The smallest absolute Gasteiger partial charge is 0.183 e. The lowest BCUT2D eigenvalue weighted by Crippen LogP contribution is -2.20. The Hall–Kier alpha value is -0.770. The van der Waals surface area contributed by atoms with Crippen molar-refractivity contribution in [2.24, 2.45) is 17.2 Å². The zero-order chi connectivity index (χ0) is 6.28. The molecule has 0 fully saturated rings. The van der Waals surface area contributed by atoms with Crippen LogP contribution in [0.4, 0.5) is 0 Å². The lowest BCUT2D eigenvalue weighted by molar-refractivity contribution is 1.14. The van der Waals surface area contributed by atoms with Gasteiger partial charge in [0.2, 0.25) is 0 Å². The van der Waals surface area contributed by atoms with Crippen molar-refractivity contribution in [1.29, 1.82) is 5.41 Å². The number of nitrogens with two attached hydrogens (primary N) is 3. The zero-order valence-corrected chi connectivity index (χ0v) is 4.44. The molecule has 0 aromatic carbocycles. The fraction of sp³-hybridized carbons (Fsp3) is 0.667. The van der Waals surface area contributed by atoms with E-state index < -0.39 is 0 Å². The SMILES string of the molecule is CCN.N=C(N)N. The maximum atomic E-state index is 6.06. The van der Waals surface area contributed by atoms with Crippen LogP contribution in [0.2, 0.25) is 0 Å². The number of guanidine groups is 1. The molecule has 0 radical (unpaired) electrons. The molecular weight excluding hydrogens is 92.1 g/mol. The van der Waals surface area contributed by atoms with Crippen LogP contribution in [0.3, 0.4) is 0 Å². The molecule has 0 rings (SSSR count). The van der Waals surface area contributed by atoms with Gasteiger partial charge < -0.3 is 17.2 Å². The Bertz CT molecular complexity index is 38.2. The first kappa shape index (κ1) is 9.52. The molecule has 7 N–H and O–H groups in total. The highest BCUT2D eigenvalue weighted by Crippen LogP contribution is 1.20. The lowest BCUT2D eigenvalue weighted by Gasteiger charge is -1.69. The van der Waals surface area contributed by atoms with Gasteiger partial charge in [0, 0.05) is 0 Å². The van der Waals surface area contributed by atoms with Crippen molar-refractivity contribution in [2.75, 3.05) is 6.54 Å². The van der Waals surface area contributed by atoms with E-state index in [2.05, 4.69) is 11.5 Å². The largest absolute Gasteiger partial charge is 0.370 e. The minimum Gasteiger partial charge on any atom is -0.370 e. The minimum atomic E-state index is -0.333. The first-order valence-corrected chi connectivity index (χ1v) is 1.94. The van der Waals surface area contributed by atoms with Crippen molar-refractivity contribution in [3.63, 3.8) is 0 Å². The predicted octanol–water partition coefficient (Wildman–Crippen LogP) is -1.20. The Morgan fingerprint density at radius 3 is 1.57 bits per heavy atom. The fourth-order valence-electron chi connectivity index (χ4n) is 0. The van der Waals surface area contributed by atoms with E-state index in [0.717, 1.165) is 6.54 Å². The molecule has 0 bridgehead atoms. The van der Waals surface area contributed by atoms with Gasteiger partial charge in [-0.15, -0.1) is 0 Å². The molecule has 44 valence electrons. The van der Waals surface area contributed by atoms with Gasteiger partial charge in [-0.25, -0.2) is 0 Å². The van der Waals surface area contributed by atoms with Gasteiger partial charge in [-0.2, -0.15) is 0 Å². The van der Waals surface area contributed by atoms with Gasteiger partial charge in [-0.3, -0.25) is 5.41 Å². The number of hydrogen-bond donors (Lipinski definition) is 4. The van der Waals surface area contributed by atoms with Crippen LogP contribution in [0.25, 0.3) is 0 Å². The monoisotopic (exact) mass is 104 g/mol. The van der Waals surface area contributed by atoms with E-state index in [1.54, 1.807) is 0 Å². The zero-order valence-electron chi connectivity index (χ0n) is 4.44. The third kappa shape index (κ3) is 92.0. The second-order valence-electron chi connectivity index (χ2n) is 0.864. The van der Waals surface area contributed by atoms with E-state index in [1.165, 1.54) is 0 Å². The molecule has 0 aliphatic carbocycles. The molecule has 0 saturated carbocycles. The molecular formula is C3H12N4. The summed E-state index contributed by atoms with van der Waals surface area (Å²) in [6.45, 7) is 2.65. The second-order valence-corrected chi connectivity index (χ2v) is 0.864. The van der Waals surface area contributed by atoms with Gasteiger partial charge in [0.1, 0.15) is 0 Å². The summed E-state index contributed by atoms with van der Waals surface area (Å²) in [5.41, 5.74) is 13.8. The quantitative estimate of drug-likeness (QED) is 0.229. The maximum Gasteiger partial charge on any atom is 0.183 e. The summed E-state index contributed by atoms with van der Waals surface area (Å²) in [7, 11) is 0. The summed E-state index contributed by atoms with van der Waals surface area (Å²) < 4.78 is 0. The molecule has 0 aliphatic heterocycles. The van der Waals surface area contributed by atoms with E-state index in [-0.39, 0.29) is 5.96 Å². The van der Waals surface area contributed by atoms with Crippen LogP contribution < -0.4 is 17.2 Å². The van der Waals surface area contributed by atoms with Gasteiger partial charge in [-0.1, -0.05) is 6.92 Å². The molecule has 0 amide bonds. The first-order chi connectivity index (χ1) is 3.15.